The molecule has 0 saturated carbocycles. The van der Waals surface area contributed by atoms with Crippen molar-refractivity contribution in [2.75, 3.05) is 46.0 Å². The van der Waals surface area contributed by atoms with Crippen LogP contribution < -0.4 is 5.73 Å². The molecule has 1 unspecified atom stereocenters. The standard InChI is InChI=1S/C16H25N5/c1-20-7-5-12(10-20)11-21(2)8-6-16-18-14-4-3-13(17)9-15(14)19-16/h3-4,9,12H,5-8,10-11,17H2,1-2H3,(H,18,19). The van der Waals surface area contributed by atoms with E-state index in [0.29, 0.717) is 0 Å². The molecule has 2 heterocycles. The first-order valence-corrected chi connectivity index (χ1v) is 7.71. The summed E-state index contributed by atoms with van der Waals surface area (Å²) in [5.41, 5.74) is 8.61. The number of nitrogens with two attached hydrogens (primary N) is 1. The maximum atomic E-state index is 5.80. The molecule has 0 radical (unpaired) electrons. The summed E-state index contributed by atoms with van der Waals surface area (Å²) < 4.78 is 0. The minimum atomic E-state index is 0.778. The summed E-state index contributed by atoms with van der Waals surface area (Å²) in [7, 11) is 4.42. The number of benzene rings is 1. The summed E-state index contributed by atoms with van der Waals surface area (Å²) in [5.74, 6) is 1.86. The van der Waals surface area contributed by atoms with Gasteiger partial charge >= 0.3 is 0 Å². The van der Waals surface area contributed by atoms with E-state index in [0.717, 1.165) is 41.4 Å². The van der Waals surface area contributed by atoms with Crippen molar-refractivity contribution in [1.29, 1.82) is 0 Å². The molecule has 0 aliphatic carbocycles. The van der Waals surface area contributed by atoms with Gasteiger partial charge in [-0.05, 0) is 51.2 Å². The van der Waals surface area contributed by atoms with Gasteiger partial charge in [-0.3, -0.25) is 0 Å². The molecule has 1 saturated heterocycles. The maximum Gasteiger partial charge on any atom is 0.108 e. The smallest absolute Gasteiger partial charge is 0.108 e. The van der Waals surface area contributed by atoms with Crippen LogP contribution in [0.15, 0.2) is 18.2 Å². The Kier molecular flexibility index (Phi) is 4.12. The lowest BCUT2D eigenvalue weighted by Gasteiger charge is -2.20. The number of aromatic nitrogens is 2. The summed E-state index contributed by atoms with van der Waals surface area (Å²) in [4.78, 5) is 12.8. The molecule has 0 bridgehead atoms. The topological polar surface area (TPSA) is 61.2 Å². The second-order valence-electron chi connectivity index (χ2n) is 6.39. The summed E-state index contributed by atoms with van der Waals surface area (Å²) in [6.45, 7) is 4.69. The molecule has 5 heteroatoms. The van der Waals surface area contributed by atoms with Gasteiger partial charge in [0.05, 0.1) is 11.0 Å². The van der Waals surface area contributed by atoms with E-state index in [4.69, 9.17) is 5.73 Å². The van der Waals surface area contributed by atoms with Crippen molar-refractivity contribution < 1.29 is 0 Å². The van der Waals surface area contributed by atoms with Crippen LogP contribution in [0.1, 0.15) is 12.2 Å². The van der Waals surface area contributed by atoms with Gasteiger partial charge in [0.2, 0.25) is 0 Å². The normalized spacial score (nSPS) is 19.9. The lowest BCUT2D eigenvalue weighted by atomic mass is 10.1. The summed E-state index contributed by atoms with van der Waals surface area (Å²) >= 11 is 0. The van der Waals surface area contributed by atoms with Crippen LogP contribution in [-0.2, 0) is 6.42 Å². The highest BCUT2D eigenvalue weighted by molar-refractivity contribution is 5.78. The monoisotopic (exact) mass is 287 g/mol. The number of nitrogens with one attached hydrogen (secondary N) is 1. The summed E-state index contributed by atoms with van der Waals surface area (Å²) in [6.07, 6.45) is 2.28. The van der Waals surface area contributed by atoms with Crippen molar-refractivity contribution in [3.63, 3.8) is 0 Å². The second kappa shape index (κ2) is 6.03. The SMILES string of the molecule is CN(CCc1nc2ccc(N)cc2[nH]1)CC1CCN(C)C1. The van der Waals surface area contributed by atoms with E-state index in [2.05, 4.69) is 33.9 Å². The van der Waals surface area contributed by atoms with Crippen molar-refractivity contribution in [3.8, 4) is 0 Å². The molecule has 3 rings (SSSR count). The molecular weight excluding hydrogens is 262 g/mol. The zero-order valence-electron chi connectivity index (χ0n) is 13.0. The Bertz CT molecular complexity index is 606. The van der Waals surface area contributed by atoms with Crippen LogP contribution >= 0.6 is 0 Å². The van der Waals surface area contributed by atoms with Gasteiger partial charge in [0, 0.05) is 31.7 Å². The summed E-state index contributed by atoms with van der Waals surface area (Å²) in [6, 6.07) is 5.82. The zero-order chi connectivity index (χ0) is 14.8. The van der Waals surface area contributed by atoms with E-state index in [9.17, 15) is 0 Å². The van der Waals surface area contributed by atoms with Crippen LogP contribution in [0.2, 0.25) is 0 Å². The van der Waals surface area contributed by atoms with E-state index in [-0.39, 0.29) is 0 Å². The van der Waals surface area contributed by atoms with Gasteiger partial charge < -0.3 is 20.5 Å². The third-order valence-corrected chi connectivity index (χ3v) is 4.34. The predicted octanol–water partition coefficient (Wildman–Crippen LogP) is 1.57. The van der Waals surface area contributed by atoms with Crippen LogP contribution in [-0.4, -0.2) is 60.0 Å². The number of nitrogen functional groups attached to an aromatic ring is 1. The molecule has 21 heavy (non-hydrogen) atoms. The Morgan fingerprint density at radius 3 is 3.10 bits per heavy atom. The molecule has 1 fully saturated rings. The maximum absolute atomic E-state index is 5.80. The van der Waals surface area contributed by atoms with Crippen molar-refractivity contribution in [3.05, 3.63) is 24.0 Å². The Labute approximate surface area is 126 Å². The Morgan fingerprint density at radius 2 is 2.33 bits per heavy atom. The molecule has 2 aromatic rings. The van der Waals surface area contributed by atoms with Gasteiger partial charge in [-0.2, -0.15) is 0 Å². The highest BCUT2D eigenvalue weighted by atomic mass is 15.1. The highest BCUT2D eigenvalue weighted by Gasteiger charge is 2.20. The van der Waals surface area contributed by atoms with Gasteiger partial charge in [0.25, 0.3) is 0 Å². The van der Waals surface area contributed by atoms with Crippen molar-refractivity contribution >= 4 is 16.7 Å². The van der Waals surface area contributed by atoms with Crippen molar-refractivity contribution in [2.24, 2.45) is 5.92 Å². The fraction of sp³-hybridized carbons (Fsp3) is 0.562. The molecule has 1 aliphatic rings. The first-order chi connectivity index (χ1) is 10.1. The van der Waals surface area contributed by atoms with Gasteiger partial charge in [-0.15, -0.1) is 0 Å². The quantitative estimate of drug-likeness (QED) is 0.820. The van der Waals surface area contributed by atoms with Crippen LogP contribution in [0.25, 0.3) is 11.0 Å². The average molecular weight is 287 g/mol. The fourth-order valence-corrected chi connectivity index (χ4v) is 3.20. The van der Waals surface area contributed by atoms with E-state index < -0.39 is 0 Å². The van der Waals surface area contributed by atoms with Gasteiger partial charge in [0.1, 0.15) is 5.82 Å². The molecule has 1 aromatic heterocycles. The van der Waals surface area contributed by atoms with E-state index in [1.54, 1.807) is 0 Å². The first-order valence-electron chi connectivity index (χ1n) is 7.71. The van der Waals surface area contributed by atoms with Gasteiger partial charge in [-0.1, -0.05) is 0 Å². The molecule has 0 spiro atoms. The molecule has 1 atom stereocenters. The number of H-pyrrole nitrogens is 1. The van der Waals surface area contributed by atoms with Crippen molar-refractivity contribution in [1.82, 2.24) is 19.8 Å². The lowest BCUT2D eigenvalue weighted by molar-refractivity contribution is 0.275. The number of hydrogen-bond acceptors (Lipinski definition) is 4. The number of fused-ring (bicyclic) bond motifs is 1. The zero-order valence-corrected chi connectivity index (χ0v) is 13.0. The van der Waals surface area contributed by atoms with E-state index >= 15 is 0 Å². The molecule has 3 N–H and O–H groups in total. The summed E-state index contributed by atoms with van der Waals surface area (Å²) in [5, 5.41) is 0. The van der Waals surface area contributed by atoms with Crippen LogP contribution in [0.3, 0.4) is 0 Å². The van der Waals surface area contributed by atoms with Crippen LogP contribution in [0.5, 0.6) is 0 Å². The van der Waals surface area contributed by atoms with Gasteiger partial charge in [-0.25, -0.2) is 4.98 Å². The van der Waals surface area contributed by atoms with Crippen LogP contribution in [0.4, 0.5) is 5.69 Å². The van der Waals surface area contributed by atoms with E-state index in [1.807, 2.05) is 18.2 Å². The number of anilines is 1. The molecule has 0 amide bonds. The molecule has 1 aliphatic heterocycles. The molecular formula is C16H25N5. The third-order valence-electron chi connectivity index (χ3n) is 4.34. The first kappa shape index (κ1) is 14.4. The number of rotatable bonds is 5. The number of likely N-dealkylation sites (N-methyl/N-ethyl adjacent to an activating group) is 1. The lowest BCUT2D eigenvalue weighted by Crippen LogP contribution is -2.29. The Hall–Kier alpha value is -1.59. The minimum absolute atomic E-state index is 0.778. The van der Waals surface area contributed by atoms with E-state index in [1.165, 1.54) is 26.1 Å². The highest BCUT2D eigenvalue weighted by Crippen LogP contribution is 2.17. The molecule has 5 nitrogen and oxygen atoms in total. The number of aromatic amines is 1. The minimum Gasteiger partial charge on any atom is -0.399 e. The largest absolute Gasteiger partial charge is 0.399 e. The number of nitrogens with zero attached hydrogens (tertiary/aromatic N) is 3. The fourth-order valence-electron chi connectivity index (χ4n) is 3.20. The second-order valence-corrected chi connectivity index (χ2v) is 6.39. The molecule has 1 aromatic carbocycles. The molecule has 114 valence electrons. The number of hydrogen-bond donors (Lipinski definition) is 2. The number of imidazole rings is 1. The van der Waals surface area contributed by atoms with Gasteiger partial charge in [0.15, 0.2) is 0 Å². The Balaban J connectivity index is 1.53. The number of likely N-dealkylation sites (tertiary alicyclic amines) is 1. The van der Waals surface area contributed by atoms with Crippen molar-refractivity contribution in [2.45, 2.75) is 12.8 Å². The van der Waals surface area contributed by atoms with Crippen LogP contribution in [0, 0.1) is 5.92 Å². The predicted molar refractivity (Wildman–Crippen MR) is 87.3 cm³/mol. The average Bonchev–Trinajstić information content (AvgIpc) is 3.02. The Morgan fingerprint density at radius 1 is 1.48 bits per heavy atom. The third kappa shape index (κ3) is 3.54.